The number of hydrogen-bond donors (Lipinski definition) is 0. The van der Waals surface area contributed by atoms with Crippen LogP contribution in [-0.2, 0) is 29.3 Å². The highest BCUT2D eigenvalue weighted by molar-refractivity contribution is 6.23. The van der Waals surface area contributed by atoms with Crippen LogP contribution < -0.4 is 9.64 Å². The molecule has 1 heterocycles. The molecule has 8 nitrogen and oxygen atoms in total. The standard InChI is InChI=1S/C32H37NO7/c1-19-17-21(18-34)26(20-13-15-22(38-8)16-14-20)32(25(19)27(35)39-30(2,3)4)23-11-9-10-12-24(23)33(28(32)36)29(37)40-31(5,6)7/h9-19,25-26H,1-8H3/t19-,25-,26+,32+/m0/s1. The summed E-state index contributed by atoms with van der Waals surface area (Å²) in [5.74, 6) is -3.15. The molecule has 212 valence electrons. The number of carbonyl (C=O) groups is 4. The molecule has 0 radical (unpaired) electrons. The number of nitrogens with zero attached hydrogens (tertiary/aromatic N) is 1. The molecule has 1 aliphatic heterocycles. The van der Waals surface area contributed by atoms with Gasteiger partial charge in [-0.3, -0.25) is 14.4 Å². The van der Waals surface area contributed by atoms with Gasteiger partial charge in [-0.25, -0.2) is 9.69 Å². The van der Waals surface area contributed by atoms with Gasteiger partial charge in [0.1, 0.15) is 28.7 Å². The Bertz CT molecular complexity index is 1360. The average molecular weight is 548 g/mol. The maximum Gasteiger partial charge on any atom is 0.421 e. The Morgan fingerprint density at radius 2 is 1.52 bits per heavy atom. The minimum atomic E-state index is -1.67. The molecule has 0 unspecified atom stereocenters. The number of aldehydes is 1. The van der Waals surface area contributed by atoms with E-state index in [-0.39, 0.29) is 0 Å². The number of imide groups is 1. The largest absolute Gasteiger partial charge is 0.497 e. The molecule has 2 aromatic rings. The van der Waals surface area contributed by atoms with Crippen LogP contribution in [0.25, 0.3) is 0 Å². The van der Waals surface area contributed by atoms with Crippen LogP contribution in [0.2, 0.25) is 0 Å². The third kappa shape index (κ3) is 4.91. The van der Waals surface area contributed by atoms with Crippen molar-refractivity contribution in [3.8, 4) is 5.75 Å². The summed E-state index contributed by atoms with van der Waals surface area (Å²) in [6.07, 6.45) is 1.60. The highest BCUT2D eigenvalue weighted by Gasteiger charge is 2.67. The Kier molecular flexibility index (Phi) is 7.43. The molecule has 0 bridgehead atoms. The van der Waals surface area contributed by atoms with Crippen LogP contribution in [-0.4, -0.2) is 42.6 Å². The zero-order valence-corrected chi connectivity index (χ0v) is 24.3. The first-order chi connectivity index (χ1) is 18.7. The molecule has 0 saturated carbocycles. The van der Waals surface area contributed by atoms with Crippen LogP contribution in [0.3, 0.4) is 0 Å². The number of amides is 2. The average Bonchev–Trinajstić information content (AvgIpc) is 3.10. The van der Waals surface area contributed by atoms with Crippen molar-refractivity contribution in [1.29, 1.82) is 0 Å². The first kappa shape index (κ1) is 29.1. The number of rotatable bonds is 4. The van der Waals surface area contributed by atoms with Gasteiger partial charge in [0.05, 0.1) is 18.7 Å². The molecule has 0 saturated heterocycles. The third-order valence-electron chi connectivity index (χ3n) is 7.23. The lowest BCUT2D eigenvalue weighted by atomic mass is 9.53. The smallest absolute Gasteiger partial charge is 0.421 e. The van der Waals surface area contributed by atoms with Gasteiger partial charge in [0, 0.05) is 5.92 Å². The van der Waals surface area contributed by atoms with Gasteiger partial charge in [0.2, 0.25) is 5.91 Å². The second-order valence-electron chi connectivity index (χ2n) is 12.4. The molecule has 0 fully saturated rings. The summed E-state index contributed by atoms with van der Waals surface area (Å²) in [5, 5.41) is 0. The number of fused-ring (bicyclic) bond motifs is 2. The molecule has 2 amide bonds. The maximum atomic E-state index is 14.9. The summed E-state index contributed by atoms with van der Waals surface area (Å²) in [7, 11) is 1.55. The summed E-state index contributed by atoms with van der Waals surface area (Å²) in [6.45, 7) is 12.2. The number of carbonyl (C=O) groups excluding carboxylic acids is 4. The van der Waals surface area contributed by atoms with E-state index in [1.54, 1.807) is 110 Å². The highest BCUT2D eigenvalue weighted by Crippen LogP contribution is 2.60. The number of methoxy groups -OCH3 is 1. The van der Waals surface area contributed by atoms with Crippen LogP contribution >= 0.6 is 0 Å². The first-order valence-corrected chi connectivity index (χ1v) is 13.4. The molecular formula is C32H37NO7. The number of ether oxygens (including phenoxy) is 3. The topological polar surface area (TPSA) is 99.2 Å². The van der Waals surface area contributed by atoms with E-state index in [1.807, 2.05) is 0 Å². The van der Waals surface area contributed by atoms with Crippen molar-refractivity contribution in [1.82, 2.24) is 0 Å². The number of benzene rings is 2. The van der Waals surface area contributed by atoms with E-state index in [0.717, 1.165) is 11.2 Å². The molecule has 1 aliphatic carbocycles. The Morgan fingerprint density at radius 3 is 2.08 bits per heavy atom. The van der Waals surface area contributed by atoms with Crippen molar-refractivity contribution in [3.63, 3.8) is 0 Å². The van der Waals surface area contributed by atoms with E-state index in [9.17, 15) is 19.2 Å². The molecule has 40 heavy (non-hydrogen) atoms. The van der Waals surface area contributed by atoms with E-state index in [0.29, 0.717) is 28.1 Å². The fraction of sp³-hybridized carbons (Fsp3) is 0.438. The number of esters is 1. The summed E-state index contributed by atoms with van der Waals surface area (Å²) in [4.78, 5) is 56.2. The van der Waals surface area contributed by atoms with Crippen LogP contribution in [0.5, 0.6) is 5.75 Å². The Hall–Kier alpha value is -3.94. The van der Waals surface area contributed by atoms with Crippen molar-refractivity contribution in [2.75, 3.05) is 12.0 Å². The quantitative estimate of drug-likeness (QED) is 0.356. The van der Waals surface area contributed by atoms with E-state index in [1.165, 1.54) is 0 Å². The van der Waals surface area contributed by atoms with Gasteiger partial charge in [0.15, 0.2) is 0 Å². The summed E-state index contributed by atoms with van der Waals surface area (Å²) in [6, 6.07) is 13.9. The third-order valence-corrected chi connectivity index (χ3v) is 7.23. The molecule has 4 rings (SSSR count). The molecule has 0 aromatic heterocycles. The molecule has 1 spiro atoms. The predicted octanol–water partition coefficient (Wildman–Crippen LogP) is 5.73. The lowest BCUT2D eigenvalue weighted by Crippen LogP contribution is -2.58. The Balaban J connectivity index is 2.07. The predicted molar refractivity (Wildman–Crippen MR) is 150 cm³/mol. The maximum absolute atomic E-state index is 14.9. The number of hydrogen-bond acceptors (Lipinski definition) is 7. The van der Waals surface area contributed by atoms with Crippen LogP contribution in [0.1, 0.15) is 65.5 Å². The Labute approximate surface area is 235 Å². The number of para-hydroxylation sites is 1. The minimum Gasteiger partial charge on any atom is -0.497 e. The second-order valence-corrected chi connectivity index (χ2v) is 12.4. The van der Waals surface area contributed by atoms with Gasteiger partial charge in [0.25, 0.3) is 0 Å². The van der Waals surface area contributed by atoms with Crippen molar-refractivity contribution in [3.05, 3.63) is 71.3 Å². The molecule has 0 N–H and O–H groups in total. The van der Waals surface area contributed by atoms with Crippen LogP contribution in [0.4, 0.5) is 10.5 Å². The Morgan fingerprint density at radius 1 is 0.925 bits per heavy atom. The summed E-state index contributed by atoms with van der Waals surface area (Å²) >= 11 is 0. The SMILES string of the molecule is COc1ccc([C@@H]2C(C=O)=C[C@H](C)[C@@H](C(=O)OC(C)(C)C)[C@@]23C(=O)N(C(=O)OC(C)(C)C)c2ccccc23)cc1. The van der Waals surface area contributed by atoms with Gasteiger partial charge < -0.3 is 14.2 Å². The molecule has 2 aromatic carbocycles. The van der Waals surface area contributed by atoms with Crippen molar-refractivity contribution < 1.29 is 33.4 Å². The van der Waals surface area contributed by atoms with Crippen LogP contribution in [0.15, 0.2) is 60.2 Å². The van der Waals surface area contributed by atoms with Gasteiger partial charge in [-0.1, -0.05) is 43.3 Å². The minimum absolute atomic E-state index is 0.313. The van der Waals surface area contributed by atoms with E-state index >= 15 is 0 Å². The summed E-state index contributed by atoms with van der Waals surface area (Å²) < 4.78 is 16.9. The molecule has 4 atom stereocenters. The normalized spacial score (nSPS) is 24.3. The fourth-order valence-electron chi connectivity index (χ4n) is 5.97. The van der Waals surface area contributed by atoms with Gasteiger partial charge in [-0.15, -0.1) is 0 Å². The number of anilines is 1. The summed E-state index contributed by atoms with van der Waals surface area (Å²) in [5.41, 5.74) is -1.66. The lowest BCUT2D eigenvalue weighted by molar-refractivity contribution is -0.167. The highest BCUT2D eigenvalue weighted by atomic mass is 16.6. The number of allylic oxidation sites excluding steroid dienone is 2. The second kappa shape index (κ2) is 10.2. The van der Waals surface area contributed by atoms with E-state index < -0.39 is 52.3 Å². The lowest BCUT2D eigenvalue weighted by Gasteiger charge is -2.47. The van der Waals surface area contributed by atoms with Crippen molar-refractivity contribution in [2.45, 2.75) is 71.0 Å². The zero-order chi connectivity index (χ0) is 29.6. The molecular weight excluding hydrogens is 510 g/mol. The van der Waals surface area contributed by atoms with Crippen molar-refractivity contribution in [2.24, 2.45) is 11.8 Å². The zero-order valence-electron chi connectivity index (χ0n) is 24.3. The van der Waals surface area contributed by atoms with Gasteiger partial charge in [-0.05, 0) is 82.4 Å². The first-order valence-electron chi connectivity index (χ1n) is 13.4. The molecule has 8 heteroatoms. The monoisotopic (exact) mass is 547 g/mol. The van der Waals surface area contributed by atoms with Crippen LogP contribution in [0, 0.1) is 11.8 Å². The van der Waals surface area contributed by atoms with Gasteiger partial charge in [-0.2, -0.15) is 0 Å². The molecule has 2 aliphatic rings. The van der Waals surface area contributed by atoms with Crippen molar-refractivity contribution >= 4 is 29.9 Å². The van der Waals surface area contributed by atoms with Gasteiger partial charge >= 0.3 is 12.1 Å². The van der Waals surface area contributed by atoms with E-state index in [4.69, 9.17) is 14.2 Å². The fourth-order valence-corrected chi connectivity index (χ4v) is 5.97. The van der Waals surface area contributed by atoms with E-state index in [2.05, 4.69) is 0 Å².